The highest BCUT2D eigenvalue weighted by Gasteiger charge is 2.33. The summed E-state index contributed by atoms with van der Waals surface area (Å²) < 4.78 is 27.6. The minimum atomic E-state index is -3.47. The predicted molar refractivity (Wildman–Crippen MR) is 71.3 cm³/mol. The van der Waals surface area contributed by atoms with E-state index in [0.29, 0.717) is 19.5 Å². The van der Waals surface area contributed by atoms with Gasteiger partial charge in [-0.1, -0.05) is 12.8 Å². The summed E-state index contributed by atoms with van der Waals surface area (Å²) in [5.41, 5.74) is 5.40. The highest BCUT2D eigenvalue weighted by molar-refractivity contribution is 7.86. The van der Waals surface area contributed by atoms with Crippen LogP contribution in [0.3, 0.4) is 0 Å². The van der Waals surface area contributed by atoms with Gasteiger partial charge in [-0.15, -0.1) is 0 Å². The molecule has 6 nitrogen and oxygen atoms in total. The number of nitrogens with two attached hydrogens (primary N) is 1. The zero-order valence-corrected chi connectivity index (χ0v) is 11.9. The molecule has 1 rings (SSSR count). The molecule has 0 heterocycles. The maximum Gasteiger partial charge on any atom is 0.282 e. The van der Waals surface area contributed by atoms with Crippen LogP contribution in [0.1, 0.15) is 32.1 Å². The van der Waals surface area contributed by atoms with Gasteiger partial charge in [0.2, 0.25) is 0 Å². The van der Waals surface area contributed by atoms with E-state index in [-0.39, 0.29) is 19.2 Å². The lowest BCUT2D eigenvalue weighted by molar-refractivity contribution is 0.217. The summed E-state index contributed by atoms with van der Waals surface area (Å²) in [4.78, 5) is 0. The summed E-state index contributed by atoms with van der Waals surface area (Å²) in [5.74, 6) is 0. The third-order valence-electron chi connectivity index (χ3n) is 3.42. The number of hydrogen-bond donors (Lipinski definition) is 2. The Labute approximate surface area is 110 Å². The summed E-state index contributed by atoms with van der Waals surface area (Å²) in [7, 11) is -1.89. The van der Waals surface area contributed by atoms with Crippen LogP contribution in [0, 0.1) is 0 Å². The fourth-order valence-electron chi connectivity index (χ4n) is 2.39. The minimum absolute atomic E-state index is 0.0440. The van der Waals surface area contributed by atoms with Crippen LogP contribution in [0.15, 0.2) is 0 Å². The molecule has 0 unspecified atom stereocenters. The normalized spacial score (nSPS) is 18.1. The molecule has 0 atom stereocenters. The highest BCUT2D eigenvalue weighted by atomic mass is 32.2. The summed E-state index contributed by atoms with van der Waals surface area (Å²) in [6.45, 7) is 0.942. The number of aliphatic hydroxyl groups is 1. The fourth-order valence-corrected chi connectivity index (χ4v) is 4.00. The van der Waals surface area contributed by atoms with Crippen molar-refractivity contribution in [3.05, 3.63) is 0 Å². The topological polar surface area (TPSA) is 86.9 Å². The predicted octanol–water partition coefficient (Wildman–Crippen LogP) is -0.251. The molecule has 0 aromatic carbocycles. The molecule has 0 amide bonds. The van der Waals surface area contributed by atoms with Crippen LogP contribution >= 0.6 is 0 Å². The van der Waals surface area contributed by atoms with Crippen LogP contribution in [0.5, 0.6) is 0 Å². The molecule has 3 N–H and O–H groups in total. The molecular weight excluding hydrogens is 254 g/mol. The molecule has 108 valence electrons. The van der Waals surface area contributed by atoms with Crippen molar-refractivity contribution in [1.29, 1.82) is 0 Å². The molecule has 7 heteroatoms. The first kappa shape index (κ1) is 15.8. The average molecular weight is 279 g/mol. The Balaban J connectivity index is 2.75. The molecule has 18 heavy (non-hydrogen) atoms. The molecule has 1 saturated carbocycles. The van der Waals surface area contributed by atoms with E-state index >= 15 is 0 Å². The lowest BCUT2D eigenvalue weighted by Crippen LogP contribution is -2.48. The second-order valence-corrected chi connectivity index (χ2v) is 6.73. The standard InChI is InChI=1S/C11H25N3O3S/c1-13(8-4-7-12)18(16,17)14(9-10-15)11-5-2-3-6-11/h11,15H,2-10,12H2,1H3. The zero-order chi connectivity index (χ0) is 13.6. The van der Waals surface area contributed by atoms with E-state index in [1.54, 1.807) is 7.05 Å². The maximum absolute atomic E-state index is 12.4. The first-order valence-corrected chi connectivity index (χ1v) is 7.97. The molecular formula is C11H25N3O3S. The van der Waals surface area contributed by atoms with Crippen molar-refractivity contribution in [3.63, 3.8) is 0 Å². The Kier molecular flexibility index (Phi) is 6.51. The molecule has 0 bridgehead atoms. The third kappa shape index (κ3) is 3.89. The largest absolute Gasteiger partial charge is 0.395 e. The Hall–Kier alpha value is -0.210. The lowest BCUT2D eigenvalue weighted by Gasteiger charge is -2.31. The molecule has 1 aliphatic rings. The van der Waals surface area contributed by atoms with E-state index in [9.17, 15) is 8.42 Å². The van der Waals surface area contributed by atoms with E-state index in [2.05, 4.69) is 0 Å². The second kappa shape index (κ2) is 7.40. The first-order valence-electron chi connectivity index (χ1n) is 6.58. The first-order chi connectivity index (χ1) is 8.54. The van der Waals surface area contributed by atoms with E-state index in [0.717, 1.165) is 25.7 Å². The zero-order valence-electron chi connectivity index (χ0n) is 11.1. The van der Waals surface area contributed by atoms with Crippen LogP contribution < -0.4 is 5.73 Å². The van der Waals surface area contributed by atoms with E-state index in [1.807, 2.05) is 0 Å². The van der Waals surface area contributed by atoms with Crippen molar-refractivity contribution in [2.24, 2.45) is 5.73 Å². The van der Waals surface area contributed by atoms with E-state index < -0.39 is 10.2 Å². The van der Waals surface area contributed by atoms with Gasteiger partial charge in [-0.25, -0.2) is 0 Å². The van der Waals surface area contributed by atoms with E-state index in [1.165, 1.54) is 8.61 Å². The van der Waals surface area contributed by atoms with E-state index in [4.69, 9.17) is 10.8 Å². The molecule has 0 aromatic heterocycles. The van der Waals surface area contributed by atoms with Crippen LogP contribution in [0.25, 0.3) is 0 Å². The van der Waals surface area contributed by atoms with Gasteiger partial charge >= 0.3 is 0 Å². The van der Waals surface area contributed by atoms with Crippen LogP contribution in [0.2, 0.25) is 0 Å². The quantitative estimate of drug-likeness (QED) is 0.641. The fraction of sp³-hybridized carbons (Fsp3) is 1.00. The van der Waals surface area contributed by atoms with Crippen molar-refractivity contribution >= 4 is 10.2 Å². The smallest absolute Gasteiger partial charge is 0.282 e. The summed E-state index contributed by atoms with van der Waals surface area (Å²) in [6.07, 6.45) is 4.56. The van der Waals surface area contributed by atoms with Crippen LogP contribution in [-0.4, -0.2) is 61.5 Å². The van der Waals surface area contributed by atoms with Crippen LogP contribution in [0.4, 0.5) is 0 Å². The molecule has 0 saturated heterocycles. The number of rotatable bonds is 8. The lowest BCUT2D eigenvalue weighted by atomic mass is 10.2. The number of aliphatic hydroxyl groups excluding tert-OH is 1. The molecule has 0 aliphatic heterocycles. The monoisotopic (exact) mass is 279 g/mol. The third-order valence-corrected chi connectivity index (χ3v) is 5.46. The van der Waals surface area contributed by atoms with Gasteiger partial charge in [0.15, 0.2) is 0 Å². The number of hydrogen-bond acceptors (Lipinski definition) is 4. The van der Waals surface area contributed by atoms with Gasteiger partial charge in [-0.3, -0.25) is 0 Å². The van der Waals surface area contributed by atoms with Crippen molar-refractivity contribution in [2.45, 2.75) is 38.1 Å². The molecule has 0 spiro atoms. The van der Waals surface area contributed by atoms with Gasteiger partial charge in [-0.05, 0) is 25.8 Å². The van der Waals surface area contributed by atoms with Crippen LogP contribution in [-0.2, 0) is 10.2 Å². The maximum atomic E-state index is 12.4. The Bertz CT molecular complexity index is 328. The Morgan fingerprint density at radius 3 is 2.39 bits per heavy atom. The molecule has 1 fully saturated rings. The van der Waals surface area contributed by atoms with Gasteiger partial charge in [-0.2, -0.15) is 17.0 Å². The highest BCUT2D eigenvalue weighted by Crippen LogP contribution is 2.26. The molecule has 0 aromatic rings. The summed E-state index contributed by atoms with van der Waals surface area (Å²) >= 11 is 0. The molecule has 1 aliphatic carbocycles. The average Bonchev–Trinajstić information content (AvgIpc) is 2.85. The minimum Gasteiger partial charge on any atom is -0.395 e. The van der Waals surface area contributed by atoms with Gasteiger partial charge in [0, 0.05) is 26.2 Å². The Morgan fingerprint density at radius 1 is 1.28 bits per heavy atom. The summed E-state index contributed by atoms with van der Waals surface area (Å²) in [5, 5.41) is 9.07. The van der Waals surface area contributed by atoms with Gasteiger partial charge < -0.3 is 10.8 Å². The SMILES string of the molecule is CN(CCCN)S(=O)(=O)N(CCO)C1CCCC1. The van der Waals surface area contributed by atoms with Crippen molar-refractivity contribution in [2.75, 3.05) is 33.3 Å². The van der Waals surface area contributed by atoms with Gasteiger partial charge in [0.1, 0.15) is 0 Å². The van der Waals surface area contributed by atoms with Crippen molar-refractivity contribution in [1.82, 2.24) is 8.61 Å². The van der Waals surface area contributed by atoms with Gasteiger partial charge in [0.05, 0.1) is 6.61 Å². The molecule has 0 radical (unpaired) electrons. The van der Waals surface area contributed by atoms with Crippen molar-refractivity contribution in [3.8, 4) is 0 Å². The second-order valence-electron chi connectivity index (χ2n) is 4.74. The van der Waals surface area contributed by atoms with Crippen molar-refractivity contribution < 1.29 is 13.5 Å². The summed E-state index contributed by atoms with van der Waals surface area (Å²) in [6, 6.07) is 0.0440. The Morgan fingerprint density at radius 2 is 1.89 bits per heavy atom. The number of nitrogens with zero attached hydrogens (tertiary/aromatic N) is 2. The van der Waals surface area contributed by atoms with Gasteiger partial charge in [0.25, 0.3) is 10.2 Å².